The Labute approximate surface area is 139 Å². The fourth-order valence-electron chi connectivity index (χ4n) is 2.50. The van der Waals surface area contributed by atoms with Gasteiger partial charge in [-0.05, 0) is 55.3 Å². The van der Waals surface area contributed by atoms with Crippen molar-refractivity contribution < 1.29 is 9.53 Å². The van der Waals surface area contributed by atoms with Gasteiger partial charge in [0, 0.05) is 34.0 Å². The number of nitrogens with zero attached hydrogens (tertiary/aromatic N) is 1. The Hall–Kier alpha value is -1.65. The van der Waals surface area contributed by atoms with Crippen molar-refractivity contribution in [3.05, 3.63) is 53.1 Å². The zero-order valence-electron chi connectivity index (χ0n) is 12.4. The Balaban J connectivity index is 1.98. The Morgan fingerprint density at radius 1 is 1.23 bits per heavy atom. The Morgan fingerprint density at radius 2 is 1.95 bits per heavy atom. The lowest BCUT2D eigenvalue weighted by Crippen LogP contribution is -2.34. The quantitative estimate of drug-likeness (QED) is 0.752. The van der Waals surface area contributed by atoms with E-state index in [1.54, 1.807) is 19.1 Å². The Bertz CT molecular complexity index is 702. The molecule has 0 saturated heterocycles. The van der Waals surface area contributed by atoms with Crippen LogP contribution < -0.4 is 9.04 Å². The molecule has 3 rings (SSSR count). The minimum Gasteiger partial charge on any atom is -0.497 e. The highest BCUT2D eigenvalue weighted by Gasteiger charge is 2.30. The first kappa shape index (κ1) is 15.3. The van der Waals surface area contributed by atoms with Gasteiger partial charge in [0.25, 0.3) is 0 Å². The van der Waals surface area contributed by atoms with Gasteiger partial charge in [0.1, 0.15) is 5.75 Å². The molecule has 0 bridgehead atoms. The predicted molar refractivity (Wildman–Crippen MR) is 91.2 cm³/mol. The number of carbonyl (C=O) groups excluding carboxylic acids is 1. The number of rotatable bonds is 3. The van der Waals surface area contributed by atoms with Crippen molar-refractivity contribution in [2.24, 2.45) is 0 Å². The third-order valence-corrected chi connectivity index (χ3v) is 5.13. The first-order chi connectivity index (χ1) is 10.6. The average molecular weight is 334 g/mol. The van der Waals surface area contributed by atoms with Crippen LogP contribution in [0.15, 0.2) is 47.4 Å². The molecule has 0 N–H and O–H groups in total. The van der Waals surface area contributed by atoms with E-state index >= 15 is 0 Å². The van der Waals surface area contributed by atoms with Crippen LogP contribution >= 0.6 is 23.5 Å². The van der Waals surface area contributed by atoms with E-state index in [-0.39, 0.29) is 11.8 Å². The minimum absolute atomic E-state index is 0.118. The second-order valence-corrected chi connectivity index (χ2v) is 6.71. The zero-order chi connectivity index (χ0) is 15.7. The normalized spacial score (nSPS) is 17.3. The van der Waals surface area contributed by atoms with Gasteiger partial charge in [-0.1, -0.05) is 11.6 Å². The summed E-state index contributed by atoms with van der Waals surface area (Å²) in [5.74, 6) is 0.931. The van der Waals surface area contributed by atoms with Gasteiger partial charge in [-0.3, -0.25) is 4.79 Å². The predicted octanol–water partition coefficient (Wildman–Crippen LogP) is 4.84. The fourth-order valence-corrected chi connectivity index (χ4v) is 3.62. The van der Waals surface area contributed by atoms with Gasteiger partial charge < -0.3 is 9.04 Å². The van der Waals surface area contributed by atoms with Gasteiger partial charge in [0.05, 0.1) is 12.8 Å². The van der Waals surface area contributed by atoms with Crippen molar-refractivity contribution in [2.75, 3.05) is 11.4 Å². The molecule has 1 atom stereocenters. The SMILES string of the molecule is COc1ccc2c(c1)N(Sc1ccc(Cl)cc1)C(C)CC2=O. The molecule has 0 fully saturated rings. The summed E-state index contributed by atoms with van der Waals surface area (Å²) >= 11 is 7.55. The minimum atomic E-state index is 0.118. The summed E-state index contributed by atoms with van der Waals surface area (Å²) in [5, 5.41) is 0.716. The fraction of sp³-hybridized carbons (Fsp3) is 0.235. The van der Waals surface area contributed by atoms with Gasteiger partial charge in [-0.2, -0.15) is 0 Å². The smallest absolute Gasteiger partial charge is 0.167 e. The van der Waals surface area contributed by atoms with Crippen LogP contribution in [-0.4, -0.2) is 18.9 Å². The summed E-state index contributed by atoms with van der Waals surface area (Å²) in [6.45, 7) is 2.06. The van der Waals surface area contributed by atoms with Crippen LogP contribution in [0.25, 0.3) is 0 Å². The lowest BCUT2D eigenvalue weighted by Gasteiger charge is -2.35. The van der Waals surface area contributed by atoms with Crippen molar-refractivity contribution in [1.82, 2.24) is 0 Å². The molecule has 0 aromatic heterocycles. The van der Waals surface area contributed by atoms with Crippen LogP contribution in [0.4, 0.5) is 5.69 Å². The monoisotopic (exact) mass is 333 g/mol. The van der Waals surface area contributed by atoms with E-state index in [9.17, 15) is 4.79 Å². The first-order valence-corrected chi connectivity index (χ1v) is 8.17. The molecule has 22 heavy (non-hydrogen) atoms. The largest absolute Gasteiger partial charge is 0.497 e. The van der Waals surface area contributed by atoms with Crippen molar-refractivity contribution >= 4 is 35.0 Å². The van der Waals surface area contributed by atoms with E-state index in [2.05, 4.69) is 11.2 Å². The molecular formula is C17H16ClNO2S. The lowest BCUT2D eigenvalue weighted by molar-refractivity contribution is 0.0972. The van der Waals surface area contributed by atoms with Crippen LogP contribution in [-0.2, 0) is 0 Å². The van der Waals surface area contributed by atoms with Gasteiger partial charge in [0.2, 0.25) is 0 Å². The summed E-state index contributed by atoms with van der Waals surface area (Å²) in [6.07, 6.45) is 0.514. The summed E-state index contributed by atoms with van der Waals surface area (Å²) in [7, 11) is 1.63. The summed E-state index contributed by atoms with van der Waals surface area (Å²) in [6, 6.07) is 13.4. The second kappa shape index (κ2) is 6.23. The maximum absolute atomic E-state index is 12.2. The highest BCUT2D eigenvalue weighted by Crippen LogP contribution is 2.40. The Morgan fingerprint density at radius 3 is 2.64 bits per heavy atom. The van der Waals surface area contributed by atoms with E-state index in [1.165, 1.54) is 0 Å². The van der Waals surface area contributed by atoms with Gasteiger partial charge in [-0.25, -0.2) is 0 Å². The van der Waals surface area contributed by atoms with Crippen molar-refractivity contribution in [1.29, 1.82) is 0 Å². The maximum atomic E-state index is 12.2. The van der Waals surface area contributed by atoms with Crippen LogP contribution in [0.1, 0.15) is 23.7 Å². The number of Topliss-reactive ketones (excluding diaryl/α,β-unsaturated/α-hetero) is 1. The van der Waals surface area contributed by atoms with Gasteiger partial charge >= 0.3 is 0 Å². The highest BCUT2D eigenvalue weighted by molar-refractivity contribution is 8.00. The van der Waals surface area contributed by atoms with Crippen LogP contribution in [0.5, 0.6) is 5.75 Å². The number of carbonyl (C=O) groups is 1. The maximum Gasteiger partial charge on any atom is 0.167 e. The molecule has 1 heterocycles. The molecule has 0 saturated carbocycles. The molecule has 0 amide bonds. The lowest BCUT2D eigenvalue weighted by atomic mass is 9.97. The number of fused-ring (bicyclic) bond motifs is 1. The highest BCUT2D eigenvalue weighted by atomic mass is 35.5. The number of hydrogen-bond donors (Lipinski definition) is 0. The molecule has 5 heteroatoms. The third kappa shape index (κ3) is 2.94. The number of methoxy groups -OCH3 is 1. The van der Waals surface area contributed by atoms with Crippen LogP contribution in [0, 0.1) is 0 Å². The number of anilines is 1. The molecule has 0 radical (unpaired) electrons. The molecule has 2 aromatic carbocycles. The number of halogens is 1. The zero-order valence-corrected chi connectivity index (χ0v) is 13.9. The molecular weight excluding hydrogens is 318 g/mol. The average Bonchev–Trinajstić information content (AvgIpc) is 2.52. The molecule has 2 aromatic rings. The van der Waals surface area contributed by atoms with Crippen molar-refractivity contribution in [3.8, 4) is 5.75 Å². The van der Waals surface area contributed by atoms with Gasteiger partial charge in [0.15, 0.2) is 5.78 Å². The summed E-state index contributed by atoms with van der Waals surface area (Å²) < 4.78 is 7.47. The van der Waals surface area contributed by atoms with E-state index in [1.807, 2.05) is 42.5 Å². The summed E-state index contributed by atoms with van der Waals surface area (Å²) in [5.41, 5.74) is 1.66. The summed E-state index contributed by atoms with van der Waals surface area (Å²) in [4.78, 5) is 13.3. The molecule has 3 nitrogen and oxygen atoms in total. The molecule has 0 spiro atoms. The van der Waals surface area contributed by atoms with Crippen LogP contribution in [0.3, 0.4) is 0 Å². The van der Waals surface area contributed by atoms with E-state index in [4.69, 9.17) is 16.3 Å². The third-order valence-electron chi connectivity index (χ3n) is 3.64. The van der Waals surface area contributed by atoms with Crippen LogP contribution in [0.2, 0.25) is 5.02 Å². The Kier molecular flexibility index (Phi) is 4.32. The molecule has 1 unspecified atom stereocenters. The second-order valence-electron chi connectivity index (χ2n) is 5.23. The molecule has 1 aliphatic heterocycles. The van der Waals surface area contributed by atoms with Crippen molar-refractivity contribution in [2.45, 2.75) is 24.3 Å². The number of benzene rings is 2. The van der Waals surface area contributed by atoms with E-state index in [0.717, 1.165) is 21.9 Å². The topological polar surface area (TPSA) is 29.5 Å². The molecule has 0 aliphatic carbocycles. The number of hydrogen-bond acceptors (Lipinski definition) is 4. The number of ether oxygens (including phenoxy) is 1. The standard InChI is InChI=1S/C17H16ClNO2S/c1-11-9-17(20)15-8-5-13(21-2)10-16(15)19(11)22-14-6-3-12(18)4-7-14/h3-8,10-11H,9H2,1-2H3. The number of ketones is 1. The molecule has 114 valence electrons. The van der Waals surface area contributed by atoms with E-state index < -0.39 is 0 Å². The first-order valence-electron chi connectivity index (χ1n) is 7.02. The van der Waals surface area contributed by atoms with Crippen molar-refractivity contribution in [3.63, 3.8) is 0 Å². The molecule has 1 aliphatic rings. The van der Waals surface area contributed by atoms with Gasteiger partial charge in [-0.15, -0.1) is 0 Å². The van der Waals surface area contributed by atoms with E-state index in [0.29, 0.717) is 11.4 Å².